The number of fused-ring (bicyclic) bond motifs is 1. The number of halogens is 1. The van der Waals surface area contributed by atoms with Crippen LogP contribution in [-0.2, 0) is 19.4 Å². The van der Waals surface area contributed by atoms with E-state index in [1.165, 1.54) is 6.92 Å². The van der Waals surface area contributed by atoms with E-state index in [1.54, 1.807) is 0 Å². The predicted molar refractivity (Wildman–Crippen MR) is 54.7 cm³/mol. The SMILES string of the molecule is C[C@]1(CCl)C(C(=O)O)N2C(=O)C[C@H]2S1(=O)=O. The molecule has 1 amide bonds. The lowest BCUT2D eigenvalue weighted by molar-refractivity contribution is -0.157. The standard InChI is InChI=1S/C8H10ClNO5S/c1-8(3-9)6(7(12)13)10-4(11)2-5(10)16(8,14)15/h5-6H,2-3H2,1H3,(H,12,13)/t5-,6?,8+/m1/s1. The fourth-order valence-electron chi connectivity index (χ4n) is 2.26. The van der Waals surface area contributed by atoms with Gasteiger partial charge in [-0.15, -0.1) is 11.6 Å². The van der Waals surface area contributed by atoms with Gasteiger partial charge in [-0.05, 0) is 6.92 Å². The van der Waals surface area contributed by atoms with Gasteiger partial charge in [-0.3, -0.25) is 4.79 Å². The van der Waals surface area contributed by atoms with Crippen LogP contribution in [0, 0.1) is 0 Å². The minimum atomic E-state index is -3.71. The Hall–Kier alpha value is -0.820. The Morgan fingerprint density at radius 2 is 2.25 bits per heavy atom. The molecular weight excluding hydrogens is 258 g/mol. The van der Waals surface area contributed by atoms with Crippen molar-refractivity contribution in [1.82, 2.24) is 4.90 Å². The van der Waals surface area contributed by atoms with E-state index >= 15 is 0 Å². The van der Waals surface area contributed by atoms with Crippen LogP contribution in [0.2, 0.25) is 0 Å². The zero-order valence-corrected chi connectivity index (χ0v) is 9.95. The summed E-state index contributed by atoms with van der Waals surface area (Å²) in [4.78, 5) is 23.3. The number of carboxylic acid groups (broad SMARTS) is 1. The first-order chi connectivity index (χ1) is 7.27. The highest BCUT2D eigenvalue weighted by Crippen LogP contribution is 2.46. The molecule has 0 aromatic rings. The van der Waals surface area contributed by atoms with Crippen molar-refractivity contribution < 1.29 is 23.1 Å². The molecule has 2 fully saturated rings. The number of β-lactam (4-membered cyclic amide) rings is 1. The van der Waals surface area contributed by atoms with Crippen molar-refractivity contribution in [1.29, 1.82) is 0 Å². The van der Waals surface area contributed by atoms with E-state index in [4.69, 9.17) is 16.7 Å². The number of rotatable bonds is 2. The second kappa shape index (κ2) is 3.10. The zero-order valence-electron chi connectivity index (χ0n) is 8.38. The smallest absolute Gasteiger partial charge is 0.328 e. The Kier molecular flexibility index (Phi) is 2.26. The Morgan fingerprint density at radius 3 is 2.62 bits per heavy atom. The molecule has 16 heavy (non-hydrogen) atoms. The quantitative estimate of drug-likeness (QED) is 0.534. The summed E-state index contributed by atoms with van der Waals surface area (Å²) in [5.74, 6) is -2.12. The highest BCUT2D eigenvalue weighted by molar-refractivity contribution is 7.94. The first-order valence-corrected chi connectivity index (χ1v) is 6.69. The molecule has 0 spiro atoms. The largest absolute Gasteiger partial charge is 0.480 e. The van der Waals surface area contributed by atoms with Gasteiger partial charge in [-0.1, -0.05) is 0 Å². The summed E-state index contributed by atoms with van der Waals surface area (Å²) >= 11 is 5.60. The van der Waals surface area contributed by atoms with Gasteiger partial charge in [0.2, 0.25) is 5.91 Å². The molecule has 2 aliphatic rings. The maximum absolute atomic E-state index is 12.0. The number of amides is 1. The monoisotopic (exact) mass is 267 g/mol. The third-order valence-electron chi connectivity index (χ3n) is 3.31. The number of hydrogen-bond acceptors (Lipinski definition) is 4. The fourth-order valence-corrected chi connectivity index (χ4v) is 5.06. The summed E-state index contributed by atoms with van der Waals surface area (Å²) in [5, 5.41) is 8.03. The minimum absolute atomic E-state index is 0.140. The number of carboxylic acids is 1. The van der Waals surface area contributed by atoms with Crippen molar-refractivity contribution >= 4 is 33.3 Å². The van der Waals surface area contributed by atoms with Crippen molar-refractivity contribution in [3.8, 4) is 0 Å². The average molecular weight is 268 g/mol. The summed E-state index contributed by atoms with van der Waals surface area (Å²) in [6, 6.07) is -1.37. The van der Waals surface area contributed by atoms with E-state index in [1.807, 2.05) is 0 Å². The number of hydrogen-bond donors (Lipinski definition) is 1. The van der Waals surface area contributed by atoms with Crippen molar-refractivity contribution in [2.75, 3.05) is 5.88 Å². The van der Waals surface area contributed by atoms with Crippen LogP contribution in [0.4, 0.5) is 0 Å². The molecule has 2 heterocycles. The van der Waals surface area contributed by atoms with Crippen LogP contribution in [0.5, 0.6) is 0 Å². The van der Waals surface area contributed by atoms with E-state index in [2.05, 4.69) is 0 Å². The summed E-state index contributed by atoms with van der Waals surface area (Å²) in [7, 11) is -3.71. The Balaban J connectivity index is 2.59. The predicted octanol–water partition coefficient (Wildman–Crippen LogP) is -0.576. The van der Waals surface area contributed by atoms with Crippen LogP contribution >= 0.6 is 11.6 Å². The highest BCUT2D eigenvalue weighted by Gasteiger charge is 2.69. The van der Waals surface area contributed by atoms with Crippen molar-refractivity contribution in [2.45, 2.75) is 29.5 Å². The molecular formula is C8H10ClNO5S. The molecule has 2 rings (SSSR count). The van der Waals surface area contributed by atoms with Gasteiger partial charge >= 0.3 is 5.97 Å². The molecule has 2 aliphatic heterocycles. The third-order valence-corrected chi connectivity index (χ3v) is 6.80. The molecule has 0 aromatic carbocycles. The maximum Gasteiger partial charge on any atom is 0.328 e. The van der Waals surface area contributed by atoms with Crippen molar-refractivity contribution in [3.63, 3.8) is 0 Å². The summed E-state index contributed by atoms with van der Waals surface area (Å²) in [5.41, 5.74) is 0. The molecule has 90 valence electrons. The molecule has 1 N–H and O–H groups in total. The molecule has 1 unspecified atom stereocenters. The number of carbonyl (C=O) groups excluding carboxylic acids is 1. The van der Waals surface area contributed by atoms with Crippen molar-refractivity contribution in [3.05, 3.63) is 0 Å². The Labute approximate surface area is 97.1 Å². The van der Waals surface area contributed by atoms with Crippen LogP contribution in [0.3, 0.4) is 0 Å². The fraction of sp³-hybridized carbons (Fsp3) is 0.750. The summed E-state index contributed by atoms with van der Waals surface area (Å²) in [6.45, 7) is 1.28. The molecule has 0 radical (unpaired) electrons. The number of nitrogens with zero attached hydrogens (tertiary/aromatic N) is 1. The zero-order chi connectivity index (χ0) is 12.3. The number of aliphatic carboxylic acids is 1. The van der Waals surface area contributed by atoms with E-state index in [9.17, 15) is 18.0 Å². The lowest BCUT2D eigenvalue weighted by atomic mass is 9.98. The lowest BCUT2D eigenvalue weighted by Gasteiger charge is -2.35. The van der Waals surface area contributed by atoms with E-state index in [0.717, 1.165) is 4.90 Å². The number of carbonyl (C=O) groups is 2. The maximum atomic E-state index is 12.0. The Morgan fingerprint density at radius 1 is 1.69 bits per heavy atom. The normalized spacial score (nSPS) is 40.4. The van der Waals surface area contributed by atoms with Crippen LogP contribution < -0.4 is 0 Å². The van der Waals surface area contributed by atoms with Gasteiger partial charge in [0.05, 0.1) is 6.42 Å². The number of sulfone groups is 1. The van der Waals surface area contributed by atoms with Gasteiger partial charge < -0.3 is 10.0 Å². The molecule has 2 saturated heterocycles. The molecule has 0 aromatic heterocycles. The topological polar surface area (TPSA) is 91.8 Å². The summed E-state index contributed by atoms with van der Waals surface area (Å²) in [6.07, 6.45) is -0.140. The van der Waals surface area contributed by atoms with Gasteiger partial charge in [0.15, 0.2) is 15.9 Å². The van der Waals surface area contributed by atoms with E-state index < -0.39 is 37.9 Å². The van der Waals surface area contributed by atoms with Crippen molar-refractivity contribution in [2.24, 2.45) is 0 Å². The average Bonchev–Trinajstić information content (AvgIpc) is 2.32. The van der Waals surface area contributed by atoms with Gasteiger partial charge in [0, 0.05) is 5.88 Å². The van der Waals surface area contributed by atoms with E-state index in [0.29, 0.717) is 0 Å². The first-order valence-electron chi connectivity index (χ1n) is 4.60. The van der Waals surface area contributed by atoms with Gasteiger partial charge in [0.1, 0.15) is 10.1 Å². The van der Waals surface area contributed by atoms with Gasteiger partial charge in [-0.2, -0.15) is 0 Å². The molecule has 0 aliphatic carbocycles. The van der Waals surface area contributed by atoms with Gasteiger partial charge in [-0.25, -0.2) is 13.2 Å². The summed E-state index contributed by atoms with van der Waals surface area (Å²) < 4.78 is 22.5. The molecule has 0 saturated carbocycles. The van der Waals surface area contributed by atoms with Crippen LogP contribution in [0.1, 0.15) is 13.3 Å². The second-order valence-electron chi connectivity index (χ2n) is 4.19. The number of alkyl halides is 1. The molecule has 3 atom stereocenters. The Bertz CT molecular complexity index is 475. The van der Waals surface area contributed by atoms with Gasteiger partial charge in [0.25, 0.3) is 0 Å². The molecule has 8 heteroatoms. The first kappa shape index (κ1) is 11.7. The van der Waals surface area contributed by atoms with Crippen LogP contribution in [-0.4, -0.2) is 52.3 Å². The highest BCUT2D eigenvalue weighted by atomic mass is 35.5. The van der Waals surface area contributed by atoms with Crippen LogP contribution in [0.15, 0.2) is 0 Å². The minimum Gasteiger partial charge on any atom is -0.480 e. The molecule has 6 nitrogen and oxygen atoms in total. The third kappa shape index (κ3) is 1.05. The lowest BCUT2D eigenvalue weighted by Crippen LogP contribution is -2.57. The van der Waals surface area contributed by atoms with Crippen LogP contribution in [0.25, 0.3) is 0 Å². The second-order valence-corrected chi connectivity index (χ2v) is 7.03. The van der Waals surface area contributed by atoms with E-state index in [-0.39, 0.29) is 12.3 Å². The molecule has 0 bridgehead atoms.